The van der Waals surface area contributed by atoms with E-state index in [1.807, 2.05) is 25.1 Å². The molecule has 0 saturated heterocycles. The Morgan fingerprint density at radius 1 is 1.29 bits per heavy atom. The fraction of sp³-hybridized carbons (Fsp3) is 0.154. The summed E-state index contributed by atoms with van der Waals surface area (Å²) in [4.78, 5) is 3.79. The molecule has 0 fully saturated rings. The van der Waals surface area contributed by atoms with E-state index in [-0.39, 0.29) is 5.82 Å². The molecule has 2 aromatic rings. The van der Waals surface area contributed by atoms with Crippen LogP contribution in [0, 0.1) is 12.7 Å². The van der Waals surface area contributed by atoms with Gasteiger partial charge in [-0.1, -0.05) is 17.7 Å². The van der Waals surface area contributed by atoms with Crippen LogP contribution in [-0.4, -0.2) is 4.98 Å². The molecule has 0 radical (unpaired) electrons. The molecule has 4 heteroatoms. The third kappa shape index (κ3) is 3.17. The molecule has 0 saturated carbocycles. The number of nitrogens with one attached hydrogen (secondary N) is 1. The van der Waals surface area contributed by atoms with Crippen molar-refractivity contribution in [2.45, 2.75) is 13.5 Å². The number of hydrogen-bond acceptors (Lipinski definition) is 2. The minimum absolute atomic E-state index is 0.334. The van der Waals surface area contributed by atoms with E-state index in [9.17, 15) is 4.39 Å². The molecule has 1 aromatic carbocycles. The Hall–Kier alpha value is -1.61. The molecule has 0 unspecified atom stereocenters. The van der Waals surface area contributed by atoms with Crippen LogP contribution in [0.1, 0.15) is 11.1 Å². The molecular formula is C13H12ClFN2. The van der Waals surface area contributed by atoms with Crippen LogP contribution in [0.25, 0.3) is 0 Å². The monoisotopic (exact) mass is 250 g/mol. The van der Waals surface area contributed by atoms with Crippen LogP contribution in [0.4, 0.5) is 10.1 Å². The molecule has 0 atom stereocenters. The summed E-state index contributed by atoms with van der Waals surface area (Å²) in [5, 5.41) is 3.81. The normalized spacial score (nSPS) is 10.3. The maximum atomic E-state index is 12.9. The molecule has 1 heterocycles. The van der Waals surface area contributed by atoms with E-state index in [1.54, 1.807) is 6.20 Å². The smallest absolute Gasteiger partial charge is 0.141 e. The SMILES string of the molecule is Cc1ccc(Cl)c(NCc2cncc(F)c2)c1. The lowest BCUT2D eigenvalue weighted by Gasteiger charge is -2.09. The summed E-state index contributed by atoms with van der Waals surface area (Å²) in [7, 11) is 0. The fourth-order valence-electron chi connectivity index (χ4n) is 1.52. The number of anilines is 1. The molecule has 1 N–H and O–H groups in total. The number of aromatic nitrogens is 1. The molecule has 2 rings (SSSR count). The number of hydrogen-bond donors (Lipinski definition) is 1. The van der Waals surface area contributed by atoms with Gasteiger partial charge in [-0.05, 0) is 36.2 Å². The third-order valence-corrected chi connectivity index (χ3v) is 2.70. The highest BCUT2D eigenvalue weighted by Gasteiger charge is 2.01. The second-order valence-corrected chi connectivity index (χ2v) is 4.26. The summed E-state index contributed by atoms with van der Waals surface area (Å²) in [6, 6.07) is 7.18. The third-order valence-electron chi connectivity index (χ3n) is 2.37. The van der Waals surface area contributed by atoms with Gasteiger partial charge in [-0.3, -0.25) is 4.98 Å². The average molecular weight is 251 g/mol. The number of benzene rings is 1. The van der Waals surface area contributed by atoms with E-state index in [0.29, 0.717) is 11.6 Å². The van der Waals surface area contributed by atoms with Gasteiger partial charge in [0.2, 0.25) is 0 Å². The van der Waals surface area contributed by atoms with Gasteiger partial charge in [0.25, 0.3) is 0 Å². The van der Waals surface area contributed by atoms with Crippen LogP contribution in [0.3, 0.4) is 0 Å². The van der Waals surface area contributed by atoms with Crippen molar-refractivity contribution in [2.75, 3.05) is 5.32 Å². The molecular weight excluding hydrogens is 239 g/mol. The molecule has 88 valence electrons. The van der Waals surface area contributed by atoms with Crippen molar-refractivity contribution in [3.8, 4) is 0 Å². The van der Waals surface area contributed by atoms with Gasteiger partial charge in [-0.2, -0.15) is 0 Å². The molecule has 17 heavy (non-hydrogen) atoms. The van der Waals surface area contributed by atoms with Gasteiger partial charge in [0.05, 0.1) is 16.9 Å². The van der Waals surface area contributed by atoms with Gasteiger partial charge in [0.15, 0.2) is 0 Å². The highest BCUT2D eigenvalue weighted by atomic mass is 35.5. The van der Waals surface area contributed by atoms with Crippen molar-refractivity contribution in [3.05, 3.63) is 58.6 Å². The topological polar surface area (TPSA) is 24.9 Å². The van der Waals surface area contributed by atoms with Crippen molar-refractivity contribution in [1.82, 2.24) is 4.98 Å². The summed E-state index contributed by atoms with van der Waals surface area (Å²) in [5.74, 6) is -0.334. The molecule has 0 spiro atoms. The van der Waals surface area contributed by atoms with E-state index >= 15 is 0 Å². The lowest BCUT2D eigenvalue weighted by molar-refractivity contribution is 0.619. The summed E-state index contributed by atoms with van der Waals surface area (Å²) in [5.41, 5.74) is 2.74. The van der Waals surface area contributed by atoms with Crippen molar-refractivity contribution >= 4 is 17.3 Å². The van der Waals surface area contributed by atoms with Crippen LogP contribution in [0.5, 0.6) is 0 Å². The van der Waals surface area contributed by atoms with E-state index in [1.165, 1.54) is 12.3 Å². The van der Waals surface area contributed by atoms with Gasteiger partial charge >= 0.3 is 0 Å². The zero-order chi connectivity index (χ0) is 12.3. The van der Waals surface area contributed by atoms with Gasteiger partial charge < -0.3 is 5.32 Å². The van der Waals surface area contributed by atoms with Crippen molar-refractivity contribution in [1.29, 1.82) is 0 Å². The van der Waals surface area contributed by atoms with Gasteiger partial charge in [-0.25, -0.2) is 4.39 Å². The van der Waals surface area contributed by atoms with E-state index in [2.05, 4.69) is 10.3 Å². The molecule has 0 bridgehead atoms. The summed E-state index contributed by atoms with van der Waals surface area (Å²) >= 11 is 6.04. The van der Waals surface area contributed by atoms with Crippen molar-refractivity contribution < 1.29 is 4.39 Å². The van der Waals surface area contributed by atoms with Crippen LogP contribution in [0.2, 0.25) is 5.02 Å². The predicted octanol–water partition coefficient (Wildman–Crippen LogP) is 3.79. The first-order valence-electron chi connectivity index (χ1n) is 5.24. The second-order valence-electron chi connectivity index (χ2n) is 3.85. The standard InChI is InChI=1S/C13H12ClFN2/c1-9-2-3-12(14)13(4-9)17-7-10-5-11(15)8-16-6-10/h2-6,8,17H,7H2,1H3. The first-order chi connectivity index (χ1) is 8.15. The van der Waals surface area contributed by atoms with Gasteiger partial charge in [0.1, 0.15) is 5.82 Å². The molecule has 0 amide bonds. The Kier molecular flexibility index (Phi) is 3.59. The first kappa shape index (κ1) is 11.9. The quantitative estimate of drug-likeness (QED) is 0.896. The van der Waals surface area contributed by atoms with Gasteiger partial charge in [-0.15, -0.1) is 0 Å². The Morgan fingerprint density at radius 3 is 2.88 bits per heavy atom. The Labute approximate surface area is 104 Å². The fourth-order valence-corrected chi connectivity index (χ4v) is 1.71. The van der Waals surface area contributed by atoms with Crippen molar-refractivity contribution in [3.63, 3.8) is 0 Å². The zero-order valence-electron chi connectivity index (χ0n) is 9.37. The van der Waals surface area contributed by atoms with Crippen LogP contribution >= 0.6 is 11.6 Å². The highest BCUT2D eigenvalue weighted by molar-refractivity contribution is 6.33. The maximum Gasteiger partial charge on any atom is 0.141 e. The Morgan fingerprint density at radius 2 is 2.12 bits per heavy atom. The van der Waals surface area contributed by atoms with Crippen LogP contribution in [-0.2, 0) is 6.54 Å². The van der Waals surface area contributed by atoms with Gasteiger partial charge in [0, 0.05) is 12.7 Å². The lowest BCUT2D eigenvalue weighted by Crippen LogP contribution is -2.01. The average Bonchev–Trinajstić information content (AvgIpc) is 2.30. The molecule has 0 aliphatic carbocycles. The zero-order valence-corrected chi connectivity index (χ0v) is 10.1. The Balaban J connectivity index is 2.09. The highest BCUT2D eigenvalue weighted by Crippen LogP contribution is 2.23. The number of rotatable bonds is 3. The minimum Gasteiger partial charge on any atom is -0.380 e. The number of aryl methyl sites for hydroxylation is 1. The van der Waals surface area contributed by atoms with E-state index < -0.39 is 0 Å². The summed E-state index contributed by atoms with van der Waals surface area (Å²) in [6.45, 7) is 2.49. The molecule has 0 aliphatic heterocycles. The number of pyridine rings is 1. The lowest BCUT2D eigenvalue weighted by atomic mass is 10.2. The van der Waals surface area contributed by atoms with Crippen LogP contribution in [0.15, 0.2) is 36.7 Å². The molecule has 1 aromatic heterocycles. The van der Waals surface area contributed by atoms with E-state index in [4.69, 9.17) is 11.6 Å². The number of nitrogens with zero attached hydrogens (tertiary/aromatic N) is 1. The maximum absolute atomic E-state index is 12.9. The van der Waals surface area contributed by atoms with E-state index in [0.717, 1.165) is 16.8 Å². The number of halogens is 2. The molecule has 0 aliphatic rings. The predicted molar refractivity (Wildman–Crippen MR) is 67.7 cm³/mol. The van der Waals surface area contributed by atoms with Crippen molar-refractivity contribution in [2.24, 2.45) is 0 Å². The minimum atomic E-state index is -0.334. The largest absolute Gasteiger partial charge is 0.380 e. The molecule has 2 nitrogen and oxygen atoms in total. The summed E-state index contributed by atoms with van der Waals surface area (Å²) < 4.78 is 12.9. The Bertz CT molecular complexity index is 529. The van der Waals surface area contributed by atoms with Crippen LogP contribution < -0.4 is 5.32 Å². The first-order valence-corrected chi connectivity index (χ1v) is 5.62. The summed E-state index contributed by atoms with van der Waals surface area (Å²) in [6.07, 6.45) is 2.81. The second kappa shape index (κ2) is 5.15.